The number of nitrogens with two attached hydrogens (primary N) is 2. The normalized spacial score (nSPS) is 11.7. The lowest BCUT2D eigenvalue weighted by Gasteiger charge is -2.16. The fraction of sp³-hybridized carbons (Fsp3) is 0.821. The second-order valence-corrected chi connectivity index (χ2v) is 9.71. The average molecular weight is 574 g/mol. The molecule has 12 nitrogen and oxygen atoms in total. The van der Waals surface area contributed by atoms with Crippen LogP contribution in [0, 0.1) is 5.92 Å². The highest BCUT2D eigenvalue weighted by Crippen LogP contribution is 2.12. The summed E-state index contributed by atoms with van der Waals surface area (Å²) in [4.78, 5) is 55.8. The van der Waals surface area contributed by atoms with Crippen LogP contribution in [-0.2, 0) is 24.0 Å². The summed E-state index contributed by atoms with van der Waals surface area (Å²) in [7, 11) is 1.75. The van der Waals surface area contributed by atoms with Crippen LogP contribution in [-0.4, -0.2) is 88.2 Å². The van der Waals surface area contributed by atoms with Gasteiger partial charge in [-0.25, -0.2) is 0 Å². The van der Waals surface area contributed by atoms with Crippen LogP contribution < -0.4 is 38.1 Å². The van der Waals surface area contributed by atoms with E-state index in [4.69, 9.17) is 11.5 Å². The number of likely N-dealkylation sites (N-methyl/N-ethyl adjacent to an activating group) is 1. The molecule has 12 heteroatoms. The highest BCUT2D eigenvalue weighted by atomic mass is 16.2. The van der Waals surface area contributed by atoms with Crippen molar-refractivity contribution in [2.75, 3.05) is 53.0 Å². The molecule has 9 N–H and O–H groups in total. The van der Waals surface area contributed by atoms with Crippen molar-refractivity contribution < 1.29 is 24.0 Å². The molecule has 0 saturated heterocycles. The van der Waals surface area contributed by atoms with E-state index >= 15 is 0 Å². The van der Waals surface area contributed by atoms with Gasteiger partial charge in [0.25, 0.3) is 0 Å². The first-order valence-electron chi connectivity index (χ1n) is 14.6. The van der Waals surface area contributed by atoms with Crippen LogP contribution in [0.25, 0.3) is 0 Å². The molecule has 0 aliphatic rings. The van der Waals surface area contributed by atoms with E-state index in [0.29, 0.717) is 26.2 Å². The monoisotopic (exact) mass is 573 g/mol. The topological polar surface area (TPSA) is 198 Å². The predicted octanol–water partition coefficient (Wildman–Crippen LogP) is 0.378. The Kier molecular flexibility index (Phi) is 33.0. The number of amides is 2. The number of hydrogen-bond donors (Lipinski definition) is 7. The van der Waals surface area contributed by atoms with Gasteiger partial charge in [-0.15, -0.1) is 0 Å². The lowest BCUT2D eigenvalue weighted by atomic mass is 9.98. The van der Waals surface area contributed by atoms with E-state index in [-0.39, 0.29) is 48.8 Å². The highest BCUT2D eigenvalue weighted by molar-refractivity contribution is 5.82. The third-order valence-corrected chi connectivity index (χ3v) is 5.40. The molecule has 0 aromatic rings. The maximum atomic E-state index is 12.4. The molecule has 0 bridgehead atoms. The molecule has 0 aliphatic carbocycles. The standard InChI is InChI=1S/C21H42N6O4.C4H9NO.C3H8/c1-3-17(8-4-6-10-24-15-25-14-18(29)12-22)21(31)26-11-7-5-9-19(20(23)30)27-13-16(2)28;1-4(6)3-5-2;1-3-2/h17,19,24-25,27H,3-15,22H2,1-2H3,(H2,23,30)(H,26,31);5H,3H2,1-2H3;3H2,1-2H3/t17-,19-;;/m0../s1. The Morgan fingerprint density at radius 1 is 0.775 bits per heavy atom. The Labute approximate surface area is 242 Å². The molecule has 2 amide bonds. The molecule has 0 unspecified atom stereocenters. The van der Waals surface area contributed by atoms with Gasteiger partial charge < -0.3 is 27.4 Å². The number of primary amides is 1. The fourth-order valence-corrected chi connectivity index (χ4v) is 3.30. The minimum Gasteiger partial charge on any atom is -0.368 e. The van der Waals surface area contributed by atoms with E-state index in [9.17, 15) is 24.0 Å². The van der Waals surface area contributed by atoms with E-state index in [1.54, 1.807) is 14.0 Å². The number of Topliss-reactive ketones (excluding diaryl/α,β-unsaturated/α-hetero) is 3. The second kappa shape index (κ2) is 31.3. The van der Waals surface area contributed by atoms with Crippen LogP contribution in [0.4, 0.5) is 0 Å². The number of rotatable bonds is 23. The van der Waals surface area contributed by atoms with Gasteiger partial charge in [-0.05, 0) is 66.0 Å². The van der Waals surface area contributed by atoms with Gasteiger partial charge in [0.1, 0.15) is 11.6 Å². The van der Waals surface area contributed by atoms with Crippen LogP contribution in [0.3, 0.4) is 0 Å². The van der Waals surface area contributed by atoms with E-state index in [1.165, 1.54) is 13.3 Å². The minimum absolute atomic E-state index is 0.00379. The molecular formula is C28H59N7O5. The van der Waals surface area contributed by atoms with Crippen molar-refractivity contribution in [1.82, 2.24) is 26.6 Å². The molecule has 0 saturated carbocycles. The Bertz CT molecular complexity index is 677. The summed E-state index contributed by atoms with van der Waals surface area (Å²) in [5.74, 6) is -0.288. The van der Waals surface area contributed by atoms with Gasteiger partial charge in [0.15, 0.2) is 5.78 Å². The van der Waals surface area contributed by atoms with Gasteiger partial charge in [-0.3, -0.25) is 34.6 Å². The molecule has 0 aromatic carbocycles. The molecule has 40 heavy (non-hydrogen) atoms. The van der Waals surface area contributed by atoms with E-state index in [1.807, 2.05) is 6.92 Å². The van der Waals surface area contributed by atoms with Gasteiger partial charge in [0.2, 0.25) is 11.8 Å². The van der Waals surface area contributed by atoms with Gasteiger partial charge in [-0.2, -0.15) is 0 Å². The number of nitrogens with one attached hydrogen (secondary N) is 5. The maximum absolute atomic E-state index is 12.4. The SMILES string of the molecule is CCC.CC[C@@H](CCCCNCNCC(=O)CN)C(=O)NCCCC[C@H](NCC(C)=O)C(N)=O.CNCC(C)=O. The van der Waals surface area contributed by atoms with Crippen LogP contribution in [0.5, 0.6) is 0 Å². The van der Waals surface area contributed by atoms with E-state index in [2.05, 4.69) is 40.4 Å². The Balaban J connectivity index is -0.00000131. The zero-order chi connectivity index (χ0) is 31.2. The summed E-state index contributed by atoms with van der Waals surface area (Å²) >= 11 is 0. The zero-order valence-electron chi connectivity index (χ0n) is 26.0. The van der Waals surface area contributed by atoms with E-state index < -0.39 is 11.9 Å². The van der Waals surface area contributed by atoms with Crippen molar-refractivity contribution in [3.8, 4) is 0 Å². The first-order chi connectivity index (χ1) is 19.0. The molecule has 0 rings (SSSR count). The second-order valence-electron chi connectivity index (χ2n) is 9.71. The molecule has 0 aromatic heterocycles. The Morgan fingerprint density at radius 3 is 1.82 bits per heavy atom. The number of unbranched alkanes of at least 4 members (excludes halogenated alkanes) is 2. The smallest absolute Gasteiger partial charge is 0.234 e. The molecule has 0 aliphatic heterocycles. The first-order valence-corrected chi connectivity index (χ1v) is 14.6. The van der Waals surface area contributed by atoms with Crippen LogP contribution in [0.1, 0.15) is 86.0 Å². The first kappa shape index (κ1) is 42.2. The molecule has 236 valence electrons. The van der Waals surface area contributed by atoms with Crippen molar-refractivity contribution in [3.05, 3.63) is 0 Å². The summed E-state index contributed by atoms with van der Waals surface area (Å²) in [6, 6.07) is -0.520. The van der Waals surface area contributed by atoms with Crippen molar-refractivity contribution in [3.63, 3.8) is 0 Å². The van der Waals surface area contributed by atoms with Gasteiger partial charge in [-0.1, -0.05) is 33.6 Å². The van der Waals surface area contributed by atoms with Crippen molar-refractivity contribution in [2.24, 2.45) is 17.4 Å². The van der Waals surface area contributed by atoms with Gasteiger partial charge in [0.05, 0.1) is 32.2 Å². The van der Waals surface area contributed by atoms with E-state index in [0.717, 1.165) is 45.1 Å². The number of carbonyl (C=O) groups excluding carboxylic acids is 5. The molecular weight excluding hydrogens is 514 g/mol. The Hall–Kier alpha value is -2.25. The molecule has 0 heterocycles. The quantitative estimate of drug-likeness (QED) is 0.0662. The third-order valence-electron chi connectivity index (χ3n) is 5.40. The zero-order valence-corrected chi connectivity index (χ0v) is 26.0. The van der Waals surface area contributed by atoms with Crippen molar-refractivity contribution >= 4 is 29.2 Å². The highest BCUT2D eigenvalue weighted by Gasteiger charge is 2.17. The summed E-state index contributed by atoms with van der Waals surface area (Å²) in [6.07, 6.45) is 6.80. The molecule has 0 fully saturated rings. The summed E-state index contributed by atoms with van der Waals surface area (Å²) in [6.45, 7) is 12.1. The van der Waals surface area contributed by atoms with Gasteiger partial charge in [0, 0.05) is 19.1 Å². The summed E-state index contributed by atoms with van der Waals surface area (Å²) in [5.41, 5.74) is 10.6. The largest absolute Gasteiger partial charge is 0.368 e. The van der Waals surface area contributed by atoms with Crippen LogP contribution in [0.2, 0.25) is 0 Å². The molecule has 0 radical (unpaired) electrons. The number of ketones is 3. The minimum atomic E-state index is -0.520. The summed E-state index contributed by atoms with van der Waals surface area (Å²) in [5, 5.41) is 14.7. The maximum Gasteiger partial charge on any atom is 0.234 e. The predicted molar refractivity (Wildman–Crippen MR) is 162 cm³/mol. The van der Waals surface area contributed by atoms with Gasteiger partial charge >= 0.3 is 0 Å². The lowest BCUT2D eigenvalue weighted by molar-refractivity contribution is -0.125. The van der Waals surface area contributed by atoms with Crippen molar-refractivity contribution in [2.45, 2.75) is 92.0 Å². The number of carbonyl (C=O) groups is 5. The molecule has 2 atom stereocenters. The average Bonchev–Trinajstić information content (AvgIpc) is 2.89. The lowest BCUT2D eigenvalue weighted by Crippen LogP contribution is -2.43. The third kappa shape index (κ3) is 32.0. The van der Waals surface area contributed by atoms with Crippen LogP contribution in [0.15, 0.2) is 0 Å². The Morgan fingerprint density at radius 2 is 1.35 bits per heavy atom. The molecule has 0 spiro atoms. The van der Waals surface area contributed by atoms with Crippen LogP contribution >= 0.6 is 0 Å². The number of hydrogen-bond acceptors (Lipinski definition) is 10. The fourth-order valence-electron chi connectivity index (χ4n) is 3.30. The van der Waals surface area contributed by atoms with Crippen molar-refractivity contribution in [1.29, 1.82) is 0 Å². The summed E-state index contributed by atoms with van der Waals surface area (Å²) < 4.78 is 0.